The summed E-state index contributed by atoms with van der Waals surface area (Å²) in [5.41, 5.74) is 6.41. The Labute approximate surface area is 106 Å². The van der Waals surface area contributed by atoms with Gasteiger partial charge < -0.3 is 15.4 Å². The number of hydrogen-bond acceptors (Lipinski definition) is 3. The summed E-state index contributed by atoms with van der Waals surface area (Å²) in [5, 5.41) is 0.563. The smallest absolute Gasteiger partial charge is 0.260 e. The minimum absolute atomic E-state index is 0.00230. The van der Waals surface area contributed by atoms with Crippen LogP contribution in [0.5, 0.6) is 5.75 Å². The van der Waals surface area contributed by atoms with Gasteiger partial charge in [-0.05, 0) is 19.1 Å². The van der Waals surface area contributed by atoms with E-state index < -0.39 is 0 Å². The zero-order chi connectivity index (χ0) is 12.8. The largest absolute Gasteiger partial charge is 0.483 e. The highest BCUT2D eigenvalue weighted by molar-refractivity contribution is 6.30. The fourth-order valence-corrected chi connectivity index (χ4v) is 1.42. The molecule has 0 heterocycles. The van der Waals surface area contributed by atoms with Crippen molar-refractivity contribution in [1.82, 2.24) is 4.90 Å². The summed E-state index contributed by atoms with van der Waals surface area (Å²) < 4.78 is 5.44. The fraction of sp³-hybridized carbons (Fsp3) is 0.417. The van der Waals surface area contributed by atoms with E-state index >= 15 is 0 Å². The molecule has 0 bridgehead atoms. The average Bonchev–Trinajstić information content (AvgIpc) is 2.35. The van der Waals surface area contributed by atoms with Crippen LogP contribution in [0.15, 0.2) is 18.2 Å². The molecule has 0 saturated heterocycles. The number of nitrogens with zero attached hydrogens (tertiary/aromatic N) is 1. The number of nitrogens with two attached hydrogens (primary N) is 1. The lowest BCUT2D eigenvalue weighted by molar-refractivity contribution is -0.131. The summed E-state index contributed by atoms with van der Waals surface area (Å²) in [6.45, 7) is 2.91. The third kappa shape index (κ3) is 3.91. The Hall–Kier alpha value is -1.26. The van der Waals surface area contributed by atoms with E-state index in [0.717, 1.165) is 5.56 Å². The van der Waals surface area contributed by atoms with E-state index in [1.165, 1.54) is 0 Å². The second kappa shape index (κ2) is 6.47. The van der Waals surface area contributed by atoms with Crippen LogP contribution in [0.25, 0.3) is 0 Å². The van der Waals surface area contributed by atoms with Gasteiger partial charge in [0.25, 0.3) is 5.91 Å². The molecule has 5 heteroatoms. The molecule has 0 aliphatic carbocycles. The number of carbonyl (C=O) groups excluding carboxylic acids is 1. The molecule has 4 nitrogen and oxygen atoms in total. The molecule has 17 heavy (non-hydrogen) atoms. The number of ether oxygens (including phenoxy) is 1. The maximum Gasteiger partial charge on any atom is 0.260 e. The van der Waals surface area contributed by atoms with Crippen LogP contribution < -0.4 is 10.5 Å². The Bertz CT molecular complexity index is 396. The van der Waals surface area contributed by atoms with Crippen molar-refractivity contribution in [2.45, 2.75) is 13.5 Å². The highest BCUT2D eigenvalue weighted by Gasteiger charge is 2.09. The molecule has 0 aliphatic rings. The lowest BCUT2D eigenvalue weighted by Crippen LogP contribution is -2.31. The van der Waals surface area contributed by atoms with Crippen LogP contribution >= 0.6 is 11.6 Å². The molecule has 0 aliphatic heterocycles. The van der Waals surface area contributed by atoms with E-state index in [9.17, 15) is 4.79 Å². The van der Waals surface area contributed by atoms with Crippen molar-refractivity contribution in [3.63, 3.8) is 0 Å². The minimum atomic E-state index is -0.0737. The summed E-state index contributed by atoms with van der Waals surface area (Å²) in [7, 11) is 1.73. The molecular weight excluding hydrogens is 240 g/mol. The first kappa shape index (κ1) is 13.8. The number of carbonyl (C=O) groups is 1. The van der Waals surface area contributed by atoms with Crippen molar-refractivity contribution < 1.29 is 9.53 Å². The van der Waals surface area contributed by atoms with E-state index in [-0.39, 0.29) is 12.5 Å². The van der Waals surface area contributed by atoms with Gasteiger partial charge in [-0.15, -0.1) is 0 Å². The minimum Gasteiger partial charge on any atom is -0.483 e. The van der Waals surface area contributed by atoms with Crippen molar-refractivity contribution in [3.05, 3.63) is 28.8 Å². The maximum absolute atomic E-state index is 11.6. The molecule has 0 unspecified atom stereocenters. The Morgan fingerprint density at radius 1 is 1.53 bits per heavy atom. The standard InChI is InChI=1S/C12H17ClN2O2/c1-3-15(2)12(16)8-17-11-6-10(13)5-4-9(11)7-14/h4-6H,3,7-8,14H2,1-2H3. The van der Waals surface area contributed by atoms with E-state index in [2.05, 4.69) is 0 Å². The predicted molar refractivity (Wildman–Crippen MR) is 68.1 cm³/mol. The van der Waals surface area contributed by atoms with Gasteiger partial charge in [0.2, 0.25) is 0 Å². The van der Waals surface area contributed by atoms with Crippen LogP contribution in [0, 0.1) is 0 Å². The van der Waals surface area contributed by atoms with Gasteiger partial charge in [-0.1, -0.05) is 17.7 Å². The van der Waals surface area contributed by atoms with Gasteiger partial charge in [0.1, 0.15) is 5.75 Å². The Kier molecular flexibility index (Phi) is 5.25. The summed E-state index contributed by atoms with van der Waals surface area (Å²) >= 11 is 5.86. The second-order valence-corrected chi connectivity index (χ2v) is 4.09. The third-order valence-corrected chi connectivity index (χ3v) is 2.74. The van der Waals surface area contributed by atoms with Crippen molar-refractivity contribution in [2.24, 2.45) is 5.73 Å². The summed E-state index contributed by atoms with van der Waals surface area (Å²) in [4.78, 5) is 13.2. The first-order chi connectivity index (χ1) is 8.08. The number of amides is 1. The monoisotopic (exact) mass is 256 g/mol. The van der Waals surface area contributed by atoms with Gasteiger partial charge in [-0.3, -0.25) is 4.79 Å². The number of rotatable bonds is 5. The molecule has 0 fully saturated rings. The van der Waals surface area contributed by atoms with Crippen molar-refractivity contribution in [1.29, 1.82) is 0 Å². The van der Waals surface area contributed by atoms with Crippen molar-refractivity contribution in [3.8, 4) is 5.75 Å². The Morgan fingerprint density at radius 2 is 2.24 bits per heavy atom. The molecule has 94 valence electrons. The summed E-state index contributed by atoms with van der Waals surface area (Å²) in [5.74, 6) is 0.494. The first-order valence-corrected chi connectivity index (χ1v) is 5.81. The SMILES string of the molecule is CCN(C)C(=O)COc1cc(Cl)ccc1CN. The molecule has 0 saturated carbocycles. The fourth-order valence-electron chi connectivity index (χ4n) is 1.26. The number of hydrogen-bond donors (Lipinski definition) is 1. The van der Waals surface area contributed by atoms with Gasteiger partial charge in [0.05, 0.1) is 0 Å². The molecule has 1 amide bonds. The molecule has 0 radical (unpaired) electrons. The normalized spacial score (nSPS) is 10.1. The molecule has 0 atom stereocenters. The highest BCUT2D eigenvalue weighted by atomic mass is 35.5. The molecule has 1 rings (SSSR count). The zero-order valence-electron chi connectivity index (χ0n) is 10.1. The van der Waals surface area contributed by atoms with Crippen LogP contribution in [0.3, 0.4) is 0 Å². The number of halogens is 1. The van der Waals surface area contributed by atoms with Crippen LogP contribution in [0.1, 0.15) is 12.5 Å². The zero-order valence-corrected chi connectivity index (χ0v) is 10.8. The van der Waals surface area contributed by atoms with E-state index in [1.807, 2.05) is 6.92 Å². The molecule has 1 aromatic carbocycles. The lowest BCUT2D eigenvalue weighted by Gasteiger charge is -2.16. The molecule has 0 spiro atoms. The van der Waals surface area contributed by atoms with Gasteiger partial charge in [0, 0.05) is 30.7 Å². The van der Waals surface area contributed by atoms with E-state index in [0.29, 0.717) is 23.9 Å². The summed E-state index contributed by atoms with van der Waals surface area (Å²) in [6, 6.07) is 5.21. The highest BCUT2D eigenvalue weighted by Crippen LogP contribution is 2.23. The lowest BCUT2D eigenvalue weighted by atomic mass is 10.2. The van der Waals surface area contributed by atoms with Gasteiger partial charge >= 0.3 is 0 Å². The number of benzene rings is 1. The quantitative estimate of drug-likeness (QED) is 0.872. The Morgan fingerprint density at radius 3 is 2.82 bits per heavy atom. The van der Waals surface area contributed by atoms with Crippen LogP contribution in [0.2, 0.25) is 5.02 Å². The Balaban J connectivity index is 2.68. The van der Waals surface area contributed by atoms with Crippen LogP contribution in [0.4, 0.5) is 0 Å². The predicted octanol–water partition coefficient (Wildman–Crippen LogP) is 1.66. The van der Waals surface area contributed by atoms with E-state index in [1.54, 1.807) is 30.1 Å². The van der Waals surface area contributed by atoms with Crippen LogP contribution in [-0.2, 0) is 11.3 Å². The third-order valence-electron chi connectivity index (χ3n) is 2.50. The second-order valence-electron chi connectivity index (χ2n) is 3.65. The number of likely N-dealkylation sites (N-methyl/N-ethyl adjacent to an activating group) is 1. The van der Waals surface area contributed by atoms with Crippen molar-refractivity contribution in [2.75, 3.05) is 20.2 Å². The first-order valence-electron chi connectivity index (χ1n) is 5.43. The van der Waals surface area contributed by atoms with E-state index in [4.69, 9.17) is 22.1 Å². The molecule has 1 aromatic rings. The van der Waals surface area contributed by atoms with Crippen molar-refractivity contribution >= 4 is 17.5 Å². The van der Waals surface area contributed by atoms with Gasteiger partial charge in [0.15, 0.2) is 6.61 Å². The average molecular weight is 257 g/mol. The summed E-state index contributed by atoms with van der Waals surface area (Å²) in [6.07, 6.45) is 0. The molecule has 2 N–H and O–H groups in total. The topological polar surface area (TPSA) is 55.6 Å². The maximum atomic E-state index is 11.6. The van der Waals surface area contributed by atoms with Crippen LogP contribution in [-0.4, -0.2) is 31.0 Å². The molecule has 0 aromatic heterocycles. The van der Waals surface area contributed by atoms with Gasteiger partial charge in [-0.25, -0.2) is 0 Å². The molecular formula is C12H17ClN2O2. The van der Waals surface area contributed by atoms with Gasteiger partial charge in [-0.2, -0.15) is 0 Å².